The minimum absolute atomic E-state index is 0.0350. The Morgan fingerprint density at radius 2 is 1.93 bits per heavy atom. The third kappa shape index (κ3) is 6.55. The zero-order valence-electron chi connectivity index (χ0n) is 15.9. The molecule has 1 unspecified atom stereocenters. The summed E-state index contributed by atoms with van der Waals surface area (Å²) >= 11 is 0. The second-order valence-corrected chi connectivity index (χ2v) is 6.44. The van der Waals surface area contributed by atoms with Crippen molar-refractivity contribution in [3.63, 3.8) is 0 Å². The summed E-state index contributed by atoms with van der Waals surface area (Å²) in [5.41, 5.74) is -0.0350. The maximum atomic E-state index is 12.0. The normalized spacial score (nSPS) is 15.6. The van der Waals surface area contributed by atoms with Crippen molar-refractivity contribution in [3.8, 4) is 6.07 Å². The molecule has 1 fully saturated rings. The van der Waals surface area contributed by atoms with Gasteiger partial charge < -0.3 is 20.4 Å². The topological polar surface area (TPSA) is 158 Å². The third-order valence-corrected chi connectivity index (χ3v) is 4.14. The summed E-state index contributed by atoms with van der Waals surface area (Å²) in [6, 6.07) is 2.02. The number of hydrogen-bond donors (Lipinski definition) is 3. The number of carboxylic acid groups (broad SMARTS) is 2. The minimum atomic E-state index is -1.82. The van der Waals surface area contributed by atoms with Gasteiger partial charge in [0.2, 0.25) is 5.91 Å². The lowest BCUT2D eigenvalue weighted by Gasteiger charge is -2.19. The number of nitrogens with one attached hydrogen (secondary N) is 1. The Morgan fingerprint density at radius 1 is 1.29 bits per heavy atom. The summed E-state index contributed by atoms with van der Waals surface area (Å²) < 4.78 is 3.30. The van der Waals surface area contributed by atoms with Gasteiger partial charge in [-0.15, -0.1) is 0 Å². The molecule has 1 saturated heterocycles. The van der Waals surface area contributed by atoms with E-state index >= 15 is 0 Å². The smallest absolute Gasteiger partial charge is 0.414 e. The molecule has 28 heavy (non-hydrogen) atoms. The number of nitrogens with zero attached hydrogens (tertiary/aromatic N) is 4. The van der Waals surface area contributed by atoms with Crippen molar-refractivity contribution in [2.24, 2.45) is 0 Å². The molecular formula is C17H25N5O6. The predicted octanol–water partition coefficient (Wildman–Crippen LogP) is -0.510. The average molecular weight is 395 g/mol. The molecular weight excluding hydrogens is 370 g/mol. The summed E-state index contributed by atoms with van der Waals surface area (Å²) in [6.45, 7) is 5.86. The van der Waals surface area contributed by atoms with Crippen LogP contribution >= 0.6 is 0 Å². The molecule has 0 aromatic carbocycles. The molecule has 1 amide bonds. The first kappa shape index (κ1) is 22.9. The first-order chi connectivity index (χ1) is 13.2. The number of likely N-dealkylation sites (tertiary alicyclic amines) is 1. The number of aromatic nitrogens is 2. The summed E-state index contributed by atoms with van der Waals surface area (Å²) in [4.78, 5) is 43.9. The summed E-state index contributed by atoms with van der Waals surface area (Å²) in [6.07, 6.45) is 5.19. The second-order valence-electron chi connectivity index (χ2n) is 6.44. The Labute approximate surface area is 161 Å². The quantitative estimate of drug-likeness (QED) is 0.429. The molecule has 0 spiro atoms. The summed E-state index contributed by atoms with van der Waals surface area (Å²) in [5.74, 6) is -3.69. The van der Waals surface area contributed by atoms with E-state index in [9.17, 15) is 9.59 Å². The number of aliphatic carboxylic acids is 2. The number of carbonyl (C=O) groups is 3. The number of nitriles is 1. The van der Waals surface area contributed by atoms with Crippen molar-refractivity contribution in [2.45, 2.75) is 45.3 Å². The van der Waals surface area contributed by atoms with Gasteiger partial charge in [0.05, 0.1) is 12.6 Å². The van der Waals surface area contributed by atoms with Gasteiger partial charge in [0.15, 0.2) is 0 Å². The van der Waals surface area contributed by atoms with Gasteiger partial charge in [-0.25, -0.2) is 14.4 Å². The van der Waals surface area contributed by atoms with E-state index < -0.39 is 11.9 Å². The van der Waals surface area contributed by atoms with E-state index in [-0.39, 0.29) is 30.2 Å². The number of rotatable bonds is 6. The van der Waals surface area contributed by atoms with Gasteiger partial charge in [-0.3, -0.25) is 13.9 Å². The first-order valence-corrected chi connectivity index (χ1v) is 8.82. The lowest BCUT2D eigenvalue weighted by molar-refractivity contribution is -0.159. The van der Waals surface area contributed by atoms with Crippen LogP contribution in [0, 0.1) is 11.3 Å². The molecule has 2 rings (SSSR count). The number of carbonyl (C=O) groups excluding carboxylic acids is 1. The van der Waals surface area contributed by atoms with Gasteiger partial charge >= 0.3 is 17.6 Å². The van der Waals surface area contributed by atoms with Crippen LogP contribution in [0.5, 0.6) is 0 Å². The number of amides is 1. The van der Waals surface area contributed by atoms with Crippen LogP contribution < -0.4 is 11.0 Å². The largest absolute Gasteiger partial charge is 0.473 e. The molecule has 0 radical (unpaired) electrons. The van der Waals surface area contributed by atoms with E-state index in [4.69, 9.17) is 25.1 Å². The SMILES string of the molecule is CC(C)n1ccn(CCNCC(=O)N2CCCC2C#N)c1=O.O=C(O)C(=O)O. The molecule has 154 valence electrons. The van der Waals surface area contributed by atoms with Gasteiger partial charge in [-0.05, 0) is 26.7 Å². The fourth-order valence-corrected chi connectivity index (χ4v) is 2.69. The van der Waals surface area contributed by atoms with Crippen molar-refractivity contribution in [2.75, 3.05) is 19.6 Å². The van der Waals surface area contributed by atoms with E-state index in [1.807, 2.05) is 13.8 Å². The van der Waals surface area contributed by atoms with Gasteiger partial charge in [0.1, 0.15) is 6.04 Å². The van der Waals surface area contributed by atoms with Gasteiger partial charge in [-0.2, -0.15) is 5.26 Å². The Bertz CT molecular complexity index is 779. The van der Waals surface area contributed by atoms with Crippen molar-refractivity contribution in [1.29, 1.82) is 5.26 Å². The lowest BCUT2D eigenvalue weighted by atomic mass is 10.2. The Balaban J connectivity index is 0.000000568. The lowest BCUT2D eigenvalue weighted by Crippen LogP contribution is -2.41. The van der Waals surface area contributed by atoms with E-state index in [2.05, 4.69) is 11.4 Å². The van der Waals surface area contributed by atoms with Gasteiger partial charge in [0, 0.05) is 38.1 Å². The van der Waals surface area contributed by atoms with E-state index in [1.54, 1.807) is 26.4 Å². The van der Waals surface area contributed by atoms with Crippen LogP contribution in [-0.4, -0.2) is 67.8 Å². The first-order valence-electron chi connectivity index (χ1n) is 8.82. The molecule has 11 heteroatoms. The fraction of sp³-hybridized carbons (Fsp3) is 0.588. The highest BCUT2D eigenvalue weighted by molar-refractivity contribution is 6.27. The van der Waals surface area contributed by atoms with E-state index in [0.717, 1.165) is 12.8 Å². The molecule has 1 aromatic rings. The molecule has 0 saturated carbocycles. The second kappa shape index (κ2) is 10.9. The molecule has 0 aliphatic carbocycles. The van der Waals surface area contributed by atoms with E-state index in [0.29, 0.717) is 19.6 Å². The monoisotopic (exact) mass is 395 g/mol. The van der Waals surface area contributed by atoms with Gasteiger partial charge in [-0.1, -0.05) is 0 Å². The average Bonchev–Trinajstić information content (AvgIpc) is 3.25. The molecule has 11 nitrogen and oxygen atoms in total. The van der Waals surface area contributed by atoms with Crippen LogP contribution in [0.3, 0.4) is 0 Å². The van der Waals surface area contributed by atoms with Crippen molar-refractivity contribution in [3.05, 3.63) is 22.9 Å². The maximum Gasteiger partial charge on any atom is 0.414 e. The maximum absolute atomic E-state index is 12.0. The Kier molecular flexibility index (Phi) is 8.90. The zero-order valence-corrected chi connectivity index (χ0v) is 15.9. The van der Waals surface area contributed by atoms with Crippen LogP contribution in [0.25, 0.3) is 0 Å². The highest BCUT2D eigenvalue weighted by Crippen LogP contribution is 2.15. The highest BCUT2D eigenvalue weighted by atomic mass is 16.4. The van der Waals surface area contributed by atoms with Crippen LogP contribution in [0.1, 0.15) is 32.7 Å². The minimum Gasteiger partial charge on any atom is -0.473 e. The van der Waals surface area contributed by atoms with Crippen LogP contribution in [0.2, 0.25) is 0 Å². The number of hydrogen-bond acceptors (Lipinski definition) is 6. The van der Waals surface area contributed by atoms with Crippen molar-refractivity contribution >= 4 is 17.8 Å². The van der Waals surface area contributed by atoms with Crippen LogP contribution in [0.15, 0.2) is 17.2 Å². The van der Waals surface area contributed by atoms with E-state index in [1.165, 1.54) is 0 Å². The van der Waals surface area contributed by atoms with Gasteiger partial charge in [0.25, 0.3) is 0 Å². The van der Waals surface area contributed by atoms with Crippen LogP contribution in [0.4, 0.5) is 0 Å². The highest BCUT2D eigenvalue weighted by Gasteiger charge is 2.27. The molecule has 1 atom stereocenters. The molecule has 0 bridgehead atoms. The van der Waals surface area contributed by atoms with Crippen molar-refractivity contribution < 1.29 is 24.6 Å². The summed E-state index contributed by atoms with van der Waals surface area (Å²) in [5, 5.41) is 26.8. The third-order valence-electron chi connectivity index (χ3n) is 4.14. The number of imidazole rings is 1. The molecule has 2 heterocycles. The Hall–Kier alpha value is -3.13. The zero-order chi connectivity index (χ0) is 21.3. The predicted molar refractivity (Wildman–Crippen MR) is 97.6 cm³/mol. The molecule has 3 N–H and O–H groups in total. The van der Waals surface area contributed by atoms with Crippen molar-refractivity contribution in [1.82, 2.24) is 19.4 Å². The fourth-order valence-electron chi connectivity index (χ4n) is 2.69. The number of carboxylic acids is 2. The molecule has 1 aromatic heterocycles. The standard InChI is InChI=1S/C15H23N5O2.C2H2O4/c1-12(2)19-9-8-18(15(19)22)7-5-17-11-14(21)20-6-3-4-13(20)10-16;3-1(4)2(5)6/h8-9,12-13,17H,3-7,11H2,1-2H3;(H,3,4)(H,5,6). The molecule has 1 aliphatic rings. The Morgan fingerprint density at radius 3 is 2.43 bits per heavy atom. The summed E-state index contributed by atoms with van der Waals surface area (Å²) in [7, 11) is 0. The van der Waals surface area contributed by atoms with Crippen LogP contribution in [-0.2, 0) is 20.9 Å². The molecule has 1 aliphatic heterocycles.